The van der Waals surface area contributed by atoms with Crippen LogP contribution >= 0.6 is 11.6 Å². The SMILES string of the molecule is CN(c1nc(Cl)nn2c([C@@H]3O[C@H](CO)[C@@H](O)C3(F)F)ccc12)C1CCCC1. The summed E-state index contributed by atoms with van der Waals surface area (Å²) in [5.74, 6) is -3.01. The third-order valence-electron chi connectivity index (χ3n) is 5.56. The first-order valence-electron chi connectivity index (χ1n) is 8.94. The van der Waals surface area contributed by atoms with E-state index in [2.05, 4.69) is 10.1 Å². The minimum absolute atomic E-state index is 0.0513. The summed E-state index contributed by atoms with van der Waals surface area (Å²) in [6, 6.07) is 3.42. The molecule has 2 N–H and O–H groups in total. The molecule has 0 radical (unpaired) electrons. The Hall–Kier alpha value is -1.55. The number of aromatic nitrogens is 3. The van der Waals surface area contributed by atoms with Crippen molar-refractivity contribution in [3.63, 3.8) is 0 Å². The van der Waals surface area contributed by atoms with E-state index in [0.29, 0.717) is 17.4 Å². The molecule has 2 fully saturated rings. The van der Waals surface area contributed by atoms with Gasteiger partial charge in [-0.05, 0) is 36.6 Å². The highest BCUT2D eigenvalue weighted by Gasteiger charge is 2.59. The molecular weight excluding hydrogens is 382 g/mol. The summed E-state index contributed by atoms with van der Waals surface area (Å²) in [5, 5.41) is 23.0. The van der Waals surface area contributed by atoms with Crippen LogP contribution in [0.3, 0.4) is 0 Å². The van der Waals surface area contributed by atoms with Gasteiger partial charge in [0.2, 0.25) is 5.28 Å². The maximum Gasteiger partial charge on any atom is 0.307 e. The number of anilines is 1. The van der Waals surface area contributed by atoms with Gasteiger partial charge >= 0.3 is 5.92 Å². The first kappa shape index (κ1) is 18.8. The number of fused-ring (bicyclic) bond motifs is 1. The molecule has 1 saturated heterocycles. The molecule has 27 heavy (non-hydrogen) atoms. The van der Waals surface area contributed by atoms with Crippen LogP contribution in [0.4, 0.5) is 14.6 Å². The Kier molecular flexibility index (Phi) is 4.74. The van der Waals surface area contributed by atoms with Crippen LogP contribution in [0.1, 0.15) is 37.5 Å². The molecular formula is C17H21ClF2N4O3. The lowest BCUT2D eigenvalue weighted by Gasteiger charge is -2.26. The Morgan fingerprint density at radius 3 is 2.70 bits per heavy atom. The van der Waals surface area contributed by atoms with Gasteiger partial charge < -0.3 is 19.8 Å². The lowest BCUT2D eigenvalue weighted by molar-refractivity contribution is -0.115. The molecule has 7 nitrogen and oxygen atoms in total. The van der Waals surface area contributed by atoms with Crippen LogP contribution < -0.4 is 4.90 Å². The normalized spacial score (nSPS) is 28.3. The van der Waals surface area contributed by atoms with E-state index in [1.807, 2.05) is 11.9 Å². The molecule has 2 aromatic rings. The molecule has 0 amide bonds. The van der Waals surface area contributed by atoms with Crippen LogP contribution in [-0.4, -0.2) is 62.6 Å². The van der Waals surface area contributed by atoms with Crippen LogP contribution in [0.5, 0.6) is 0 Å². The molecule has 148 valence electrons. The second-order valence-corrected chi connectivity index (χ2v) is 7.50. The van der Waals surface area contributed by atoms with E-state index in [0.717, 1.165) is 25.7 Å². The van der Waals surface area contributed by atoms with Crippen LogP contribution in [-0.2, 0) is 4.74 Å². The highest BCUT2D eigenvalue weighted by molar-refractivity contribution is 6.28. The Morgan fingerprint density at radius 2 is 2.07 bits per heavy atom. The highest BCUT2D eigenvalue weighted by atomic mass is 35.5. The number of rotatable bonds is 4. The first-order valence-corrected chi connectivity index (χ1v) is 9.32. The zero-order chi connectivity index (χ0) is 19.3. The highest BCUT2D eigenvalue weighted by Crippen LogP contribution is 2.46. The summed E-state index contributed by atoms with van der Waals surface area (Å²) < 4.78 is 35.6. The Bertz CT molecular complexity index is 843. The van der Waals surface area contributed by atoms with Crippen LogP contribution in [0.2, 0.25) is 5.28 Å². The van der Waals surface area contributed by atoms with Crippen LogP contribution in [0.15, 0.2) is 12.1 Å². The number of hydrogen-bond acceptors (Lipinski definition) is 6. The molecule has 1 saturated carbocycles. The van der Waals surface area contributed by atoms with Crippen molar-refractivity contribution in [1.82, 2.24) is 14.6 Å². The maximum absolute atomic E-state index is 14.5. The minimum Gasteiger partial charge on any atom is -0.394 e. The fraction of sp³-hybridized carbons (Fsp3) is 0.647. The quantitative estimate of drug-likeness (QED) is 0.815. The Balaban J connectivity index is 1.78. The van der Waals surface area contributed by atoms with Crippen molar-refractivity contribution < 1.29 is 23.7 Å². The van der Waals surface area contributed by atoms with E-state index in [9.17, 15) is 19.0 Å². The predicted octanol–water partition coefficient (Wildman–Crippen LogP) is 2.19. The lowest BCUT2D eigenvalue weighted by Crippen LogP contribution is -2.38. The summed E-state index contributed by atoms with van der Waals surface area (Å²) in [6.45, 7) is -0.706. The van der Waals surface area contributed by atoms with Crippen molar-refractivity contribution >= 4 is 22.9 Å². The number of alkyl halides is 2. The number of ether oxygens (including phenoxy) is 1. The number of hydrogen-bond donors (Lipinski definition) is 2. The summed E-state index contributed by atoms with van der Waals surface area (Å²) >= 11 is 6.08. The third-order valence-corrected chi connectivity index (χ3v) is 5.72. The zero-order valence-electron chi connectivity index (χ0n) is 14.7. The van der Waals surface area contributed by atoms with E-state index in [-0.39, 0.29) is 11.0 Å². The molecule has 1 aliphatic heterocycles. The average molecular weight is 403 g/mol. The molecule has 10 heteroatoms. The topological polar surface area (TPSA) is 83.1 Å². The van der Waals surface area contributed by atoms with Crippen molar-refractivity contribution in [2.75, 3.05) is 18.6 Å². The third kappa shape index (κ3) is 2.97. The maximum atomic E-state index is 14.5. The molecule has 3 atom stereocenters. The van der Waals surface area contributed by atoms with Gasteiger partial charge in [-0.15, -0.1) is 5.10 Å². The van der Waals surface area contributed by atoms with Crippen LogP contribution in [0, 0.1) is 0 Å². The van der Waals surface area contributed by atoms with Gasteiger partial charge in [-0.1, -0.05) is 12.8 Å². The second kappa shape index (κ2) is 6.80. The van der Waals surface area contributed by atoms with Crippen molar-refractivity contribution in [3.05, 3.63) is 23.1 Å². The van der Waals surface area contributed by atoms with Gasteiger partial charge in [-0.3, -0.25) is 0 Å². The molecule has 4 rings (SSSR count). The largest absolute Gasteiger partial charge is 0.394 e. The van der Waals surface area contributed by atoms with Gasteiger partial charge in [0.25, 0.3) is 0 Å². The molecule has 2 aromatic heterocycles. The zero-order valence-corrected chi connectivity index (χ0v) is 15.5. The molecule has 1 aliphatic carbocycles. The lowest BCUT2D eigenvalue weighted by atomic mass is 10.0. The fourth-order valence-corrected chi connectivity index (χ4v) is 4.21. The minimum atomic E-state index is -3.57. The number of aliphatic hydroxyl groups is 2. The fourth-order valence-electron chi connectivity index (χ4n) is 4.05. The Labute approximate surface area is 159 Å². The van der Waals surface area contributed by atoms with E-state index < -0.39 is 30.8 Å². The van der Waals surface area contributed by atoms with Gasteiger partial charge in [-0.2, -0.15) is 4.98 Å². The molecule has 0 unspecified atom stereocenters. The van der Waals surface area contributed by atoms with E-state index in [4.69, 9.17) is 16.3 Å². The molecule has 0 spiro atoms. The number of halogens is 3. The predicted molar refractivity (Wildman–Crippen MR) is 94.3 cm³/mol. The monoisotopic (exact) mass is 402 g/mol. The molecule has 2 aliphatic rings. The van der Waals surface area contributed by atoms with E-state index in [1.165, 1.54) is 10.6 Å². The van der Waals surface area contributed by atoms with E-state index in [1.54, 1.807) is 6.07 Å². The van der Waals surface area contributed by atoms with Crippen molar-refractivity contribution in [2.24, 2.45) is 0 Å². The van der Waals surface area contributed by atoms with Crippen LogP contribution in [0.25, 0.3) is 5.52 Å². The molecule has 0 aromatic carbocycles. The standard InChI is InChI=1S/C17H21ClF2N4O3/c1-23(9-4-2-3-5-9)15-11-7-6-10(24(11)22-16(18)21-15)14-17(19,20)13(26)12(8-25)27-14/h6-7,9,12-14,25-26H,2-5,8H2,1H3/t12-,13-,14+/m1/s1. The summed E-state index contributed by atoms with van der Waals surface area (Å²) in [5.41, 5.74) is 0.584. The molecule has 0 bridgehead atoms. The van der Waals surface area contributed by atoms with Crippen molar-refractivity contribution in [3.8, 4) is 0 Å². The van der Waals surface area contributed by atoms with Crippen molar-refractivity contribution in [1.29, 1.82) is 0 Å². The summed E-state index contributed by atoms with van der Waals surface area (Å²) in [6.07, 6.45) is -0.872. The number of nitrogens with zero attached hydrogens (tertiary/aromatic N) is 4. The van der Waals surface area contributed by atoms with Gasteiger partial charge in [0.15, 0.2) is 11.9 Å². The van der Waals surface area contributed by atoms with Gasteiger partial charge in [0.1, 0.15) is 17.7 Å². The average Bonchev–Trinajstić information content (AvgIpc) is 3.34. The number of aliphatic hydroxyl groups excluding tert-OH is 2. The van der Waals surface area contributed by atoms with Gasteiger partial charge in [0, 0.05) is 13.1 Å². The summed E-state index contributed by atoms with van der Waals surface area (Å²) in [7, 11) is 1.91. The Morgan fingerprint density at radius 1 is 1.37 bits per heavy atom. The van der Waals surface area contributed by atoms with E-state index >= 15 is 0 Å². The smallest absolute Gasteiger partial charge is 0.307 e. The first-order chi connectivity index (χ1) is 12.8. The van der Waals surface area contributed by atoms with Crippen molar-refractivity contribution in [2.45, 2.75) is 56.0 Å². The molecule has 3 heterocycles. The van der Waals surface area contributed by atoms with Gasteiger partial charge in [-0.25, -0.2) is 13.3 Å². The second-order valence-electron chi connectivity index (χ2n) is 7.17. The van der Waals surface area contributed by atoms with Gasteiger partial charge in [0.05, 0.1) is 12.3 Å². The summed E-state index contributed by atoms with van der Waals surface area (Å²) in [4.78, 5) is 6.32.